The second kappa shape index (κ2) is 10.5. The summed E-state index contributed by atoms with van der Waals surface area (Å²) in [6.07, 6.45) is -0.551. The second-order valence-electron chi connectivity index (χ2n) is 4.89. The Kier molecular flexibility index (Phi) is 9.86. The van der Waals surface area contributed by atoms with Gasteiger partial charge >= 0.3 is 5.76 Å². The summed E-state index contributed by atoms with van der Waals surface area (Å²) >= 11 is 0. The third-order valence-corrected chi connectivity index (χ3v) is 4.58. The number of nitrogens with one attached hydrogen (secondary N) is 2. The van der Waals surface area contributed by atoms with Crippen molar-refractivity contribution in [2.75, 3.05) is 30.8 Å². The predicted octanol–water partition coefficient (Wildman–Crippen LogP) is 1.84. The van der Waals surface area contributed by atoms with Crippen molar-refractivity contribution >= 4 is 39.5 Å². The van der Waals surface area contributed by atoms with E-state index in [-0.39, 0.29) is 31.1 Å². The van der Waals surface area contributed by atoms with Crippen molar-refractivity contribution in [3.63, 3.8) is 0 Å². The van der Waals surface area contributed by atoms with Gasteiger partial charge in [0.05, 0.1) is 28.8 Å². The van der Waals surface area contributed by atoms with E-state index in [1.807, 2.05) is 0 Å². The Hall–Kier alpha value is -1.49. The molecule has 0 saturated heterocycles. The van der Waals surface area contributed by atoms with Crippen LogP contribution in [0.5, 0.6) is 0 Å². The second-order valence-corrected chi connectivity index (χ2v) is 6.81. The lowest BCUT2D eigenvalue weighted by atomic mass is 10.2. The molecule has 0 aromatic heterocycles. The number of carbonyl (C=O) groups is 1. The molecule has 1 amide bonds. The minimum Gasteiger partial charge on any atom is -0.384 e. The van der Waals surface area contributed by atoms with E-state index in [0.29, 0.717) is 12.2 Å². The highest BCUT2D eigenvalue weighted by Crippen LogP contribution is 2.28. The average molecular weight is 402 g/mol. The van der Waals surface area contributed by atoms with Gasteiger partial charge in [0, 0.05) is 20.2 Å². The minimum absolute atomic E-state index is 0. The molecule has 0 radical (unpaired) electrons. The number of benzene rings is 1. The maximum Gasteiger partial charge on any atom is 0.341 e. The van der Waals surface area contributed by atoms with Gasteiger partial charge < -0.3 is 21.1 Å². The van der Waals surface area contributed by atoms with Gasteiger partial charge in [-0.1, -0.05) is 0 Å². The molecule has 0 heterocycles. The molecule has 0 fully saturated rings. The van der Waals surface area contributed by atoms with Gasteiger partial charge in [-0.25, -0.2) is 8.42 Å². The fraction of sp³-hybridized carbons (Fsp3) is 0.500. The van der Waals surface area contributed by atoms with Crippen molar-refractivity contribution in [2.45, 2.75) is 30.1 Å². The molecule has 144 valence electrons. The number of hydrogen-bond acceptors (Lipinski definition) is 6. The zero-order chi connectivity index (χ0) is 18.3. The van der Waals surface area contributed by atoms with E-state index in [2.05, 4.69) is 10.6 Å². The van der Waals surface area contributed by atoms with Crippen LogP contribution in [0.4, 0.5) is 20.2 Å². The fourth-order valence-electron chi connectivity index (χ4n) is 1.92. The van der Waals surface area contributed by atoms with Crippen molar-refractivity contribution in [2.24, 2.45) is 5.73 Å². The van der Waals surface area contributed by atoms with Crippen molar-refractivity contribution in [3.8, 4) is 0 Å². The first-order chi connectivity index (χ1) is 11.3. The Morgan fingerprint density at radius 3 is 2.44 bits per heavy atom. The molecule has 1 aromatic carbocycles. The maximum absolute atomic E-state index is 12.7. The largest absolute Gasteiger partial charge is 0.384 e. The quantitative estimate of drug-likeness (QED) is 0.582. The van der Waals surface area contributed by atoms with Gasteiger partial charge in [-0.2, -0.15) is 8.78 Å². The van der Waals surface area contributed by atoms with E-state index < -0.39 is 32.5 Å². The Morgan fingerprint density at radius 1 is 1.32 bits per heavy atom. The maximum atomic E-state index is 12.7. The number of alkyl halides is 2. The summed E-state index contributed by atoms with van der Waals surface area (Å²) in [6.45, 7) is 2.42. The summed E-state index contributed by atoms with van der Waals surface area (Å²) in [5.41, 5.74) is 5.95. The van der Waals surface area contributed by atoms with Gasteiger partial charge in [0.2, 0.25) is 15.7 Å². The van der Waals surface area contributed by atoms with Crippen LogP contribution < -0.4 is 16.4 Å². The van der Waals surface area contributed by atoms with E-state index in [9.17, 15) is 22.0 Å². The van der Waals surface area contributed by atoms with Crippen molar-refractivity contribution < 1.29 is 26.7 Å². The van der Waals surface area contributed by atoms with Crippen LogP contribution in [0, 0.1) is 0 Å². The summed E-state index contributed by atoms with van der Waals surface area (Å²) in [7, 11) is -3.35. The number of halogens is 3. The summed E-state index contributed by atoms with van der Waals surface area (Å²) in [6, 6.07) is 3.39. The number of anilines is 2. The van der Waals surface area contributed by atoms with Gasteiger partial charge in [0.15, 0.2) is 0 Å². The molecule has 0 spiro atoms. The molecule has 1 unspecified atom stereocenters. The Morgan fingerprint density at radius 2 is 1.96 bits per heavy atom. The molecule has 7 nitrogen and oxygen atoms in total. The topological polar surface area (TPSA) is 111 Å². The fourth-order valence-corrected chi connectivity index (χ4v) is 2.67. The molecule has 0 bridgehead atoms. The molecule has 1 aromatic rings. The molecule has 25 heavy (non-hydrogen) atoms. The molecule has 1 rings (SSSR count). The Bertz CT molecular complexity index is 670. The van der Waals surface area contributed by atoms with Crippen LogP contribution in [0.2, 0.25) is 0 Å². The third-order valence-electron chi connectivity index (χ3n) is 3.20. The number of amides is 1. The van der Waals surface area contributed by atoms with E-state index in [4.69, 9.17) is 10.5 Å². The van der Waals surface area contributed by atoms with E-state index >= 15 is 0 Å². The Balaban J connectivity index is 0.00000576. The zero-order valence-electron chi connectivity index (χ0n) is 13.8. The number of nitrogens with two attached hydrogens (primary N) is 1. The van der Waals surface area contributed by atoms with E-state index in [1.165, 1.54) is 13.2 Å². The van der Waals surface area contributed by atoms with Gasteiger partial charge in [-0.3, -0.25) is 4.79 Å². The highest BCUT2D eigenvalue weighted by atomic mass is 35.5. The van der Waals surface area contributed by atoms with Gasteiger partial charge in [-0.15, -0.1) is 12.4 Å². The number of carbonyl (C=O) groups excluding carboxylic acids is 1. The molecular formula is C14H22ClF2N3O4S. The monoisotopic (exact) mass is 401 g/mol. The number of hydrogen-bond donors (Lipinski definition) is 3. The van der Waals surface area contributed by atoms with Gasteiger partial charge in [-0.05, 0) is 25.1 Å². The molecule has 1 atom stereocenters. The normalized spacial score (nSPS) is 12.4. The SMILES string of the molecule is CCNc1ccc(S(=O)(=O)C(F)F)cc1NC(=O)CC(CN)OC.Cl. The highest BCUT2D eigenvalue weighted by molar-refractivity contribution is 7.91. The molecule has 0 saturated carbocycles. The molecule has 0 aliphatic heterocycles. The van der Waals surface area contributed by atoms with Gasteiger partial charge in [0.25, 0.3) is 0 Å². The third kappa shape index (κ3) is 6.38. The predicted molar refractivity (Wildman–Crippen MR) is 94.1 cm³/mol. The number of ether oxygens (including phenoxy) is 1. The van der Waals surface area contributed by atoms with Gasteiger partial charge in [0.1, 0.15) is 0 Å². The van der Waals surface area contributed by atoms with Crippen LogP contribution >= 0.6 is 12.4 Å². The first-order valence-electron chi connectivity index (χ1n) is 7.18. The summed E-state index contributed by atoms with van der Waals surface area (Å²) in [5, 5.41) is 5.42. The highest BCUT2D eigenvalue weighted by Gasteiger charge is 2.27. The van der Waals surface area contributed by atoms with Crippen molar-refractivity contribution in [3.05, 3.63) is 18.2 Å². The van der Waals surface area contributed by atoms with Crippen molar-refractivity contribution in [1.29, 1.82) is 0 Å². The smallest absolute Gasteiger partial charge is 0.341 e. The molecule has 4 N–H and O–H groups in total. The standard InChI is InChI=1S/C14H21F2N3O4S.ClH/c1-3-18-11-5-4-10(24(21,22)14(15)16)7-12(11)19-13(20)6-9(8-17)23-2;/h4-5,7,9,14,18H,3,6,8,17H2,1-2H3,(H,19,20);1H. The minimum atomic E-state index is -4.76. The van der Waals surface area contributed by atoms with Crippen LogP contribution in [0.15, 0.2) is 23.1 Å². The molecular weight excluding hydrogens is 380 g/mol. The Labute approximate surface area is 151 Å². The van der Waals surface area contributed by atoms with Crippen LogP contribution in [-0.2, 0) is 19.4 Å². The summed E-state index contributed by atoms with van der Waals surface area (Å²) in [4.78, 5) is 11.4. The first kappa shape index (κ1) is 23.5. The zero-order valence-corrected chi connectivity index (χ0v) is 15.4. The lowest BCUT2D eigenvalue weighted by Crippen LogP contribution is -2.28. The van der Waals surface area contributed by atoms with Crippen LogP contribution in [-0.4, -0.2) is 46.4 Å². The number of rotatable bonds is 9. The lowest BCUT2D eigenvalue weighted by molar-refractivity contribution is -0.118. The summed E-state index contributed by atoms with van der Waals surface area (Å²) in [5.74, 6) is -4.01. The lowest BCUT2D eigenvalue weighted by Gasteiger charge is -2.16. The van der Waals surface area contributed by atoms with Crippen LogP contribution in [0.25, 0.3) is 0 Å². The molecule has 11 heteroatoms. The molecule has 0 aliphatic rings. The summed E-state index contributed by atoms with van der Waals surface area (Å²) < 4.78 is 53.5. The average Bonchev–Trinajstić information content (AvgIpc) is 2.54. The van der Waals surface area contributed by atoms with Crippen LogP contribution in [0.1, 0.15) is 13.3 Å². The van der Waals surface area contributed by atoms with E-state index in [0.717, 1.165) is 12.1 Å². The van der Waals surface area contributed by atoms with Crippen LogP contribution in [0.3, 0.4) is 0 Å². The number of sulfone groups is 1. The van der Waals surface area contributed by atoms with Crippen molar-refractivity contribution in [1.82, 2.24) is 0 Å². The number of methoxy groups -OCH3 is 1. The molecule has 0 aliphatic carbocycles. The van der Waals surface area contributed by atoms with E-state index in [1.54, 1.807) is 6.92 Å². The first-order valence-corrected chi connectivity index (χ1v) is 8.73.